The minimum absolute atomic E-state index is 0.135. The molecule has 0 aromatic heterocycles. The van der Waals surface area contributed by atoms with Gasteiger partial charge in [0.1, 0.15) is 23.0 Å². The maximum Gasteiger partial charge on any atom is 0.261 e. The molecule has 174 valence electrons. The van der Waals surface area contributed by atoms with E-state index in [1.807, 2.05) is 42.5 Å². The molecule has 0 heterocycles. The number of ether oxygens (including phenoxy) is 3. The molecular weight excluding hydrogens is 450 g/mol. The summed E-state index contributed by atoms with van der Waals surface area (Å²) in [4.78, 5) is 0.135. The summed E-state index contributed by atoms with van der Waals surface area (Å²) in [6.45, 7) is 0. The zero-order valence-corrected chi connectivity index (χ0v) is 19.7. The van der Waals surface area contributed by atoms with Crippen LogP contribution in [0, 0.1) is 0 Å². The first kappa shape index (κ1) is 23.2. The molecule has 0 saturated heterocycles. The Balaban J connectivity index is 1.40. The van der Waals surface area contributed by atoms with E-state index in [-0.39, 0.29) is 4.90 Å². The summed E-state index contributed by atoms with van der Waals surface area (Å²) in [6, 6.07) is 28.8. The molecule has 0 aliphatic heterocycles. The molecule has 4 rings (SSSR count). The first-order chi connectivity index (χ1) is 16.4. The number of hydrogen-bond donors (Lipinski definition) is 1. The van der Waals surface area contributed by atoms with Crippen LogP contribution in [0.15, 0.2) is 102 Å². The van der Waals surface area contributed by atoms with Crippen LogP contribution in [0.2, 0.25) is 0 Å². The summed E-state index contributed by atoms with van der Waals surface area (Å²) in [6.07, 6.45) is 0.782. The molecule has 4 aromatic carbocycles. The Bertz CT molecular complexity index is 1350. The second-order valence-corrected chi connectivity index (χ2v) is 9.27. The van der Waals surface area contributed by atoms with Gasteiger partial charge in [0.15, 0.2) is 0 Å². The molecule has 0 spiro atoms. The summed E-state index contributed by atoms with van der Waals surface area (Å²) >= 11 is 0. The van der Waals surface area contributed by atoms with Crippen LogP contribution in [0.1, 0.15) is 11.1 Å². The third-order valence-electron chi connectivity index (χ3n) is 5.16. The first-order valence-corrected chi connectivity index (χ1v) is 12.1. The molecule has 0 saturated carbocycles. The molecule has 0 aliphatic rings. The van der Waals surface area contributed by atoms with Crippen LogP contribution >= 0.6 is 0 Å². The number of nitrogens with one attached hydrogen (secondary N) is 1. The van der Waals surface area contributed by atoms with E-state index in [9.17, 15) is 8.42 Å². The summed E-state index contributed by atoms with van der Waals surface area (Å²) in [5, 5.41) is 0. The van der Waals surface area contributed by atoms with E-state index in [4.69, 9.17) is 14.2 Å². The van der Waals surface area contributed by atoms with Crippen molar-refractivity contribution >= 4 is 15.7 Å². The monoisotopic (exact) mass is 475 g/mol. The molecule has 0 fully saturated rings. The lowest BCUT2D eigenvalue weighted by Gasteiger charge is -2.11. The minimum Gasteiger partial charge on any atom is -0.497 e. The van der Waals surface area contributed by atoms with E-state index in [0.29, 0.717) is 22.9 Å². The average Bonchev–Trinajstić information content (AvgIpc) is 2.85. The van der Waals surface area contributed by atoms with Crippen molar-refractivity contribution in [3.8, 4) is 23.0 Å². The van der Waals surface area contributed by atoms with Gasteiger partial charge in [-0.05, 0) is 78.2 Å². The van der Waals surface area contributed by atoms with Crippen LogP contribution in [0.4, 0.5) is 5.69 Å². The van der Waals surface area contributed by atoms with E-state index < -0.39 is 10.0 Å². The maximum atomic E-state index is 12.7. The highest BCUT2D eigenvalue weighted by atomic mass is 32.2. The number of benzene rings is 4. The maximum absolute atomic E-state index is 12.7. The first-order valence-electron chi connectivity index (χ1n) is 10.6. The fraction of sp³-hybridized carbons (Fsp3) is 0.111. The fourth-order valence-electron chi connectivity index (χ4n) is 3.42. The van der Waals surface area contributed by atoms with Gasteiger partial charge >= 0.3 is 0 Å². The van der Waals surface area contributed by atoms with Gasteiger partial charge in [0.2, 0.25) is 0 Å². The third kappa shape index (κ3) is 5.88. The molecule has 1 N–H and O–H groups in total. The lowest BCUT2D eigenvalue weighted by molar-refractivity contribution is 0.414. The van der Waals surface area contributed by atoms with Gasteiger partial charge in [0.05, 0.1) is 24.8 Å². The Labute approximate surface area is 199 Å². The summed E-state index contributed by atoms with van der Waals surface area (Å²) < 4.78 is 44.3. The van der Waals surface area contributed by atoms with Crippen molar-refractivity contribution in [1.82, 2.24) is 0 Å². The molecule has 0 unspecified atom stereocenters. The zero-order valence-electron chi connectivity index (χ0n) is 18.9. The van der Waals surface area contributed by atoms with Gasteiger partial charge in [0, 0.05) is 6.07 Å². The van der Waals surface area contributed by atoms with Crippen LogP contribution in [0.3, 0.4) is 0 Å². The van der Waals surface area contributed by atoms with Crippen molar-refractivity contribution in [2.45, 2.75) is 11.3 Å². The second-order valence-electron chi connectivity index (χ2n) is 7.58. The number of methoxy groups -OCH3 is 2. The Kier molecular flexibility index (Phi) is 7.04. The van der Waals surface area contributed by atoms with Gasteiger partial charge in [-0.15, -0.1) is 0 Å². The molecular formula is C27H25NO5S. The third-order valence-corrected chi connectivity index (χ3v) is 6.55. The molecule has 0 atom stereocenters. The van der Waals surface area contributed by atoms with Crippen LogP contribution in [-0.4, -0.2) is 22.6 Å². The highest BCUT2D eigenvalue weighted by Gasteiger charge is 2.15. The van der Waals surface area contributed by atoms with Crippen molar-refractivity contribution in [2.75, 3.05) is 18.9 Å². The standard InChI is InChI=1S/C27H25NO5S/c1-31-25-7-3-5-21(18-25)17-20-9-11-23(12-10-20)33-24-13-15-27(16-14-24)34(29,30)28-22-6-4-8-26(19-22)32-2/h3-16,18-19,28H,17H2,1-2H3. The van der Waals surface area contributed by atoms with Gasteiger partial charge in [-0.2, -0.15) is 0 Å². The highest BCUT2D eigenvalue weighted by molar-refractivity contribution is 7.92. The second kappa shape index (κ2) is 10.3. The lowest BCUT2D eigenvalue weighted by Crippen LogP contribution is -2.12. The van der Waals surface area contributed by atoms with Gasteiger partial charge in [-0.25, -0.2) is 8.42 Å². The van der Waals surface area contributed by atoms with E-state index in [1.165, 1.54) is 19.2 Å². The Hall–Kier alpha value is -3.97. The number of anilines is 1. The molecule has 0 radical (unpaired) electrons. The number of sulfonamides is 1. The average molecular weight is 476 g/mol. The molecule has 34 heavy (non-hydrogen) atoms. The van der Waals surface area contributed by atoms with Crippen molar-refractivity contribution < 1.29 is 22.6 Å². The van der Waals surface area contributed by atoms with Crippen LogP contribution < -0.4 is 18.9 Å². The topological polar surface area (TPSA) is 73.9 Å². The SMILES string of the molecule is COc1cccc(Cc2ccc(Oc3ccc(S(=O)(=O)Nc4cccc(OC)c4)cc3)cc2)c1. The predicted octanol–water partition coefficient (Wildman–Crippen LogP) is 5.89. The van der Waals surface area contributed by atoms with Crippen molar-refractivity contribution in [1.29, 1.82) is 0 Å². The summed E-state index contributed by atoms with van der Waals surface area (Å²) in [7, 11) is -0.553. The number of hydrogen-bond acceptors (Lipinski definition) is 5. The predicted molar refractivity (Wildman–Crippen MR) is 133 cm³/mol. The molecule has 0 aliphatic carbocycles. The largest absolute Gasteiger partial charge is 0.497 e. The van der Waals surface area contributed by atoms with Crippen molar-refractivity contribution in [3.63, 3.8) is 0 Å². The van der Waals surface area contributed by atoms with Crippen LogP contribution in [-0.2, 0) is 16.4 Å². The van der Waals surface area contributed by atoms with Crippen LogP contribution in [0.5, 0.6) is 23.0 Å². The van der Waals surface area contributed by atoms with Crippen molar-refractivity contribution in [2.24, 2.45) is 0 Å². The smallest absolute Gasteiger partial charge is 0.261 e. The minimum atomic E-state index is -3.74. The van der Waals surface area contributed by atoms with Gasteiger partial charge in [-0.1, -0.05) is 30.3 Å². The molecule has 7 heteroatoms. The summed E-state index contributed by atoms with van der Waals surface area (Å²) in [5.74, 6) is 2.61. The van der Waals surface area contributed by atoms with E-state index >= 15 is 0 Å². The lowest BCUT2D eigenvalue weighted by atomic mass is 10.0. The van der Waals surface area contributed by atoms with Crippen molar-refractivity contribution in [3.05, 3.63) is 108 Å². The summed E-state index contributed by atoms with van der Waals surface area (Å²) in [5.41, 5.74) is 2.73. The van der Waals surface area contributed by atoms with Gasteiger partial charge < -0.3 is 14.2 Å². The molecule has 0 bridgehead atoms. The quantitative estimate of drug-likeness (QED) is 0.327. The van der Waals surface area contributed by atoms with E-state index in [0.717, 1.165) is 23.3 Å². The molecule has 0 amide bonds. The van der Waals surface area contributed by atoms with Crippen LogP contribution in [0.25, 0.3) is 0 Å². The van der Waals surface area contributed by atoms with Gasteiger partial charge in [-0.3, -0.25) is 4.72 Å². The Morgan fingerprint density at radius 1 is 0.647 bits per heavy atom. The zero-order chi connectivity index (χ0) is 24.0. The normalized spacial score (nSPS) is 11.0. The van der Waals surface area contributed by atoms with E-state index in [2.05, 4.69) is 10.8 Å². The number of rotatable bonds is 9. The highest BCUT2D eigenvalue weighted by Crippen LogP contribution is 2.26. The Morgan fingerprint density at radius 3 is 1.88 bits per heavy atom. The van der Waals surface area contributed by atoms with E-state index in [1.54, 1.807) is 43.5 Å². The van der Waals surface area contributed by atoms with Gasteiger partial charge in [0.25, 0.3) is 10.0 Å². The molecule has 4 aromatic rings. The molecule has 6 nitrogen and oxygen atoms in total. The fourth-order valence-corrected chi connectivity index (χ4v) is 4.47. The Morgan fingerprint density at radius 2 is 1.24 bits per heavy atom.